The van der Waals surface area contributed by atoms with Gasteiger partial charge in [-0.15, -0.1) is 16.8 Å². The fourth-order valence-electron chi connectivity index (χ4n) is 2.81. The highest BCUT2D eigenvalue weighted by Crippen LogP contribution is 2.38. The van der Waals surface area contributed by atoms with Gasteiger partial charge < -0.3 is 15.1 Å². The molecule has 9 heteroatoms. The summed E-state index contributed by atoms with van der Waals surface area (Å²) in [5, 5.41) is 20.6. The molecular formula is C12H20ClN3O4S. The first-order chi connectivity index (χ1) is 9.13. The zero-order valence-corrected chi connectivity index (χ0v) is 14.0. The average molecular weight is 338 g/mol. The minimum Gasteiger partial charge on any atom is -0.476 e. The maximum absolute atomic E-state index is 11.0. The maximum atomic E-state index is 11.0. The Morgan fingerprint density at radius 2 is 1.81 bits per heavy atom. The van der Waals surface area contributed by atoms with Gasteiger partial charge in [0.2, 0.25) is 5.69 Å². The SMILES string of the molecule is CC1(C)CC(Oc2nsnc2C(=O)O)CC(C)(C)N1O.Cl. The van der Waals surface area contributed by atoms with Gasteiger partial charge in [-0.3, -0.25) is 0 Å². The molecule has 1 fully saturated rings. The molecule has 0 aromatic carbocycles. The van der Waals surface area contributed by atoms with Crippen LogP contribution in [0.5, 0.6) is 5.88 Å². The Kier molecular flexibility index (Phi) is 5.20. The van der Waals surface area contributed by atoms with Gasteiger partial charge in [-0.1, -0.05) is 0 Å². The third kappa shape index (κ3) is 3.63. The molecule has 0 spiro atoms. The van der Waals surface area contributed by atoms with Crippen LogP contribution in [0.3, 0.4) is 0 Å². The first-order valence-electron chi connectivity index (χ1n) is 6.35. The lowest BCUT2D eigenvalue weighted by molar-refractivity contribution is -0.255. The fraction of sp³-hybridized carbons (Fsp3) is 0.750. The lowest BCUT2D eigenvalue weighted by atomic mass is 9.80. The predicted octanol–water partition coefficient (Wildman–Crippen LogP) is 2.45. The van der Waals surface area contributed by atoms with Gasteiger partial charge in [0, 0.05) is 23.9 Å². The van der Waals surface area contributed by atoms with Crippen LogP contribution in [0.15, 0.2) is 0 Å². The van der Waals surface area contributed by atoms with Crippen molar-refractivity contribution in [1.82, 2.24) is 13.8 Å². The topological polar surface area (TPSA) is 95.8 Å². The van der Waals surface area contributed by atoms with Gasteiger partial charge in [0.1, 0.15) is 6.10 Å². The molecule has 2 rings (SSSR count). The molecule has 120 valence electrons. The minimum atomic E-state index is -1.15. The molecule has 7 nitrogen and oxygen atoms in total. The Morgan fingerprint density at radius 1 is 1.29 bits per heavy atom. The lowest BCUT2D eigenvalue weighted by Crippen LogP contribution is -2.61. The number of rotatable bonds is 3. The van der Waals surface area contributed by atoms with Gasteiger partial charge in [0.25, 0.3) is 5.88 Å². The van der Waals surface area contributed by atoms with Crippen LogP contribution in [0, 0.1) is 0 Å². The van der Waals surface area contributed by atoms with E-state index < -0.39 is 17.0 Å². The smallest absolute Gasteiger partial charge is 0.361 e. The number of aromatic nitrogens is 2. The number of hydrogen-bond donors (Lipinski definition) is 2. The van der Waals surface area contributed by atoms with Gasteiger partial charge in [-0.05, 0) is 27.7 Å². The van der Waals surface area contributed by atoms with Crippen LogP contribution in [-0.2, 0) is 0 Å². The summed E-state index contributed by atoms with van der Waals surface area (Å²) in [6, 6.07) is 0. The number of aromatic carboxylic acids is 1. The van der Waals surface area contributed by atoms with Crippen LogP contribution in [-0.4, -0.2) is 47.3 Å². The van der Waals surface area contributed by atoms with Crippen molar-refractivity contribution < 1.29 is 19.8 Å². The number of ether oxygens (including phenoxy) is 1. The van der Waals surface area contributed by atoms with Crippen LogP contribution in [0.2, 0.25) is 0 Å². The third-order valence-corrected chi connectivity index (χ3v) is 4.05. The minimum absolute atomic E-state index is 0. The lowest BCUT2D eigenvalue weighted by Gasteiger charge is -2.50. The van der Waals surface area contributed by atoms with Gasteiger partial charge in [-0.25, -0.2) is 4.79 Å². The number of nitrogens with zero attached hydrogens (tertiary/aromatic N) is 3. The largest absolute Gasteiger partial charge is 0.476 e. The van der Waals surface area contributed by atoms with Crippen LogP contribution < -0.4 is 4.74 Å². The van der Waals surface area contributed by atoms with E-state index in [9.17, 15) is 10.0 Å². The Bertz CT molecular complexity index is 502. The monoisotopic (exact) mass is 337 g/mol. The summed E-state index contributed by atoms with van der Waals surface area (Å²) in [5.41, 5.74) is -1.07. The van der Waals surface area contributed by atoms with Gasteiger partial charge >= 0.3 is 5.97 Å². The molecule has 0 unspecified atom stereocenters. The number of piperidine rings is 1. The predicted molar refractivity (Wildman–Crippen MR) is 79.5 cm³/mol. The molecule has 21 heavy (non-hydrogen) atoms. The van der Waals surface area contributed by atoms with Crippen molar-refractivity contribution in [3.05, 3.63) is 5.69 Å². The summed E-state index contributed by atoms with van der Waals surface area (Å²) >= 11 is 0.818. The molecule has 2 N–H and O–H groups in total. The van der Waals surface area contributed by atoms with Crippen molar-refractivity contribution in [3.8, 4) is 5.88 Å². The van der Waals surface area contributed by atoms with Crippen molar-refractivity contribution >= 4 is 30.1 Å². The van der Waals surface area contributed by atoms with Crippen molar-refractivity contribution in [2.24, 2.45) is 0 Å². The first kappa shape index (κ1) is 18.1. The van der Waals surface area contributed by atoms with Crippen molar-refractivity contribution in [2.75, 3.05) is 0 Å². The molecular weight excluding hydrogens is 318 g/mol. The highest BCUT2D eigenvalue weighted by atomic mass is 35.5. The van der Waals surface area contributed by atoms with Gasteiger partial charge in [0.15, 0.2) is 0 Å². The second-order valence-corrected chi connectivity index (χ2v) is 6.84. The molecule has 1 aromatic rings. The number of carboxylic acid groups (broad SMARTS) is 1. The summed E-state index contributed by atoms with van der Waals surface area (Å²) in [5.74, 6) is -1.09. The number of halogens is 1. The summed E-state index contributed by atoms with van der Waals surface area (Å²) in [4.78, 5) is 11.0. The highest BCUT2D eigenvalue weighted by Gasteiger charge is 2.46. The normalized spacial score (nSPS) is 21.6. The molecule has 1 aliphatic heterocycles. The molecule has 1 aliphatic rings. The number of hydroxylamine groups is 2. The molecule has 1 saturated heterocycles. The third-order valence-electron chi connectivity index (χ3n) is 3.54. The summed E-state index contributed by atoms with van der Waals surface area (Å²) < 4.78 is 13.3. The van der Waals surface area contributed by atoms with Crippen molar-refractivity contribution in [2.45, 2.75) is 57.7 Å². The highest BCUT2D eigenvalue weighted by molar-refractivity contribution is 6.99. The van der Waals surface area contributed by atoms with Gasteiger partial charge in [-0.2, -0.15) is 9.44 Å². The molecule has 0 amide bonds. The van der Waals surface area contributed by atoms with E-state index in [-0.39, 0.29) is 30.1 Å². The van der Waals surface area contributed by atoms with Crippen molar-refractivity contribution in [3.63, 3.8) is 0 Å². The summed E-state index contributed by atoms with van der Waals surface area (Å²) in [6.07, 6.45) is 0.929. The van der Waals surface area contributed by atoms with E-state index in [1.807, 2.05) is 27.7 Å². The van der Waals surface area contributed by atoms with Crippen LogP contribution in [0.25, 0.3) is 0 Å². The average Bonchev–Trinajstić information content (AvgIpc) is 2.73. The molecule has 0 aliphatic carbocycles. The summed E-state index contributed by atoms with van der Waals surface area (Å²) in [7, 11) is 0. The van der Waals surface area contributed by atoms with Crippen LogP contribution in [0.4, 0.5) is 0 Å². The van der Waals surface area contributed by atoms with E-state index in [0.717, 1.165) is 11.7 Å². The zero-order chi connectivity index (χ0) is 15.1. The number of hydrogen-bond acceptors (Lipinski definition) is 7. The van der Waals surface area contributed by atoms with E-state index in [2.05, 4.69) is 8.75 Å². The number of carboxylic acids is 1. The Labute approximate surface area is 133 Å². The standard InChI is InChI=1S/C12H19N3O4S.ClH/c1-11(2)5-7(6-12(3,4)15(11)18)19-9-8(10(16)17)13-20-14-9;/h7,18H,5-6H2,1-4H3,(H,16,17);1H. The molecule has 0 radical (unpaired) electrons. The Morgan fingerprint density at radius 3 is 2.29 bits per heavy atom. The second kappa shape index (κ2) is 6.04. The van der Waals surface area contributed by atoms with E-state index >= 15 is 0 Å². The maximum Gasteiger partial charge on any atom is 0.361 e. The van der Waals surface area contributed by atoms with E-state index in [1.54, 1.807) is 0 Å². The van der Waals surface area contributed by atoms with E-state index in [4.69, 9.17) is 9.84 Å². The molecule has 2 heterocycles. The molecule has 0 bridgehead atoms. The van der Waals surface area contributed by atoms with Crippen LogP contribution in [0.1, 0.15) is 51.0 Å². The number of carbonyl (C=O) groups is 1. The van der Waals surface area contributed by atoms with E-state index in [0.29, 0.717) is 12.8 Å². The quantitative estimate of drug-likeness (QED) is 0.874. The van der Waals surface area contributed by atoms with Gasteiger partial charge in [0.05, 0.1) is 11.7 Å². The molecule has 0 saturated carbocycles. The zero-order valence-electron chi connectivity index (χ0n) is 12.4. The van der Waals surface area contributed by atoms with E-state index in [1.165, 1.54) is 5.06 Å². The first-order valence-corrected chi connectivity index (χ1v) is 7.08. The Hall–Kier alpha value is -0.960. The summed E-state index contributed by atoms with van der Waals surface area (Å²) in [6.45, 7) is 7.67. The second-order valence-electron chi connectivity index (χ2n) is 6.31. The fourth-order valence-corrected chi connectivity index (χ4v) is 3.29. The van der Waals surface area contributed by atoms with Crippen LogP contribution >= 0.6 is 24.1 Å². The molecule has 1 aromatic heterocycles. The Balaban J connectivity index is 0.00000220. The molecule has 0 atom stereocenters. The van der Waals surface area contributed by atoms with Crippen molar-refractivity contribution in [1.29, 1.82) is 0 Å².